The lowest BCUT2D eigenvalue weighted by molar-refractivity contribution is -0.670. The molecule has 0 saturated heterocycles. The van der Waals surface area contributed by atoms with Gasteiger partial charge in [-0.15, -0.1) is 0 Å². The Morgan fingerprint density at radius 2 is 1.15 bits per heavy atom. The minimum atomic E-state index is 0.932. The maximum Gasteiger partial charge on any atom is 0.250 e. The van der Waals surface area contributed by atoms with Gasteiger partial charge in [-0.05, 0) is 12.1 Å². The van der Waals surface area contributed by atoms with Crippen molar-refractivity contribution in [1.29, 1.82) is 0 Å². The molecule has 0 aromatic carbocycles. The first-order valence-electron chi connectivity index (χ1n) is 8.88. The lowest BCUT2D eigenvalue weighted by atomic mass is 10.3. The standard InChI is InChI=1S/C20H26N6/c1-21-13-17-7-5-9-19(25(17)15-21)23(3)11-12-24(4)20-10-6-8-18-14-22(2)16-26(18)20/h5-10,13-16H,11-12H2,1-4H3/q+2. The predicted molar refractivity (Wildman–Crippen MR) is 104 cm³/mol. The molecule has 0 amide bonds. The second-order valence-corrected chi connectivity index (χ2v) is 7.02. The van der Waals surface area contributed by atoms with E-state index in [1.54, 1.807) is 0 Å². The van der Waals surface area contributed by atoms with Gasteiger partial charge in [0.1, 0.15) is 12.4 Å². The van der Waals surface area contributed by atoms with E-state index in [1.807, 2.05) is 0 Å². The largest absolute Gasteiger partial charge is 0.340 e. The molecule has 4 aromatic heterocycles. The minimum Gasteiger partial charge on any atom is -0.340 e. The van der Waals surface area contributed by atoms with Gasteiger partial charge in [0, 0.05) is 39.3 Å². The number of rotatable bonds is 5. The van der Waals surface area contributed by atoms with E-state index in [0.29, 0.717) is 0 Å². The minimum absolute atomic E-state index is 0.932. The summed E-state index contributed by atoms with van der Waals surface area (Å²) < 4.78 is 8.64. The van der Waals surface area contributed by atoms with Crippen molar-refractivity contribution in [3.63, 3.8) is 0 Å². The molecule has 4 rings (SSSR count). The molecule has 6 nitrogen and oxygen atoms in total. The Morgan fingerprint density at radius 1 is 0.731 bits per heavy atom. The number of likely N-dealkylation sites (N-methyl/N-ethyl adjacent to an activating group) is 2. The van der Waals surface area contributed by atoms with E-state index in [1.165, 1.54) is 22.7 Å². The highest BCUT2D eigenvalue weighted by atomic mass is 15.3. The number of nitrogens with zero attached hydrogens (tertiary/aromatic N) is 6. The number of aryl methyl sites for hydroxylation is 2. The topological polar surface area (TPSA) is 23.1 Å². The van der Waals surface area contributed by atoms with Crippen LogP contribution < -0.4 is 18.9 Å². The predicted octanol–water partition coefficient (Wildman–Crippen LogP) is 1.41. The van der Waals surface area contributed by atoms with E-state index < -0.39 is 0 Å². The third kappa shape index (κ3) is 2.87. The summed E-state index contributed by atoms with van der Waals surface area (Å²) in [5, 5.41) is 0. The summed E-state index contributed by atoms with van der Waals surface area (Å²) in [7, 11) is 8.42. The van der Waals surface area contributed by atoms with Gasteiger partial charge in [-0.2, -0.15) is 8.80 Å². The number of imidazole rings is 2. The van der Waals surface area contributed by atoms with Gasteiger partial charge in [0.25, 0.3) is 0 Å². The quantitative estimate of drug-likeness (QED) is 0.508. The number of pyridine rings is 2. The molecule has 0 spiro atoms. The maximum absolute atomic E-state index is 2.30. The number of fused-ring (bicyclic) bond motifs is 2. The smallest absolute Gasteiger partial charge is 0.250 e. The van der Waals surface area contributed by atoms with Crippen LogP contribution in [0.25, 0.3) is 11.0 Å². The summed E-state index contributed by atoms with van der Waals surface area (Å²) in [6, 6.07) is 12.8. The summed E-state index contributed by atoms with van der Waals surface area (Å²) in [6.07, 6.45) is 8.50. The molecular formula is C20H26N6+2. The first-order valence-corrected chi connectivity index (χ1v) is 8.88. The van der Waals surface area contributed by atoms with Gasteiger partial charge < -0.3 is 9.80 Å². The molecule has 134 valence electrons. The second kappa shape index (κ2) is 6.37. The van der Waals surface area contributed by atoms with Gasteiger partial charge in [-0.1, -0.05) is 12.1 Å². The Labute approximate surface area is 153 Å². The molecule has 4 heterocycles. The molecule has 0 fully saturated rings. The molecule has 0 atom stereocenters. The molecule has 26 heavy (non-hydrogen) atoms. The van der Waals surface area contributed by atoms with Crippen molar-refractivity contribution in [2.75, 3.05) is 37.0 Å². The Balaban J connectivity index is 1.54. The fourth-order valence-electron chi connectivity index (χ4n) is 3.51. The van der Waals surface area contributed by atoms with Crippen molar-refractivity contribution in [3.05, 3.63) is 61.4 Å². The summed E-state index contributed by atoms with van der Waals surface area (Å²) in [5.74, 6) is 2.39. The fraction of sp³-hybridized carbons (Fsp3) is 0.300. The molecule has 0 radical (unpaired) electrons. The van der Waals surface area contributed by atoms with Crippen molar-refractivity contribution >= 4 is 22.7 Å². The van der Waals surface area contributed by atoms with Gasteiger partial charge in [-0.3, -0.25) is 0 Å². The summed E-state index contributed by atoms with van der Waals surface area (Å²) >= 11 is 0. The van der Waals surface area contributed by atoms with E-state index >= 15 is 0 Å². The Morgan fingerprint density at radius 3 is 1.58 bits per heavy atom. The molecular weight excluding hydrogens is 324 g/mol. The second-order valence-electron chi connectivity index (χ2n) is 7.02. The summed E-state index contributed by atoms with van der Waals surface area (Å²) in [6.45, 7) is 1.86. The van der Waals surface area contributed by atoms with Crippen LogP contribution >= 0.6 is 0 Å². The Hall–Kier alpha value is -3.02. The van der Waals surface area contributed by atoms with Crippen LogP contribution in [-0.2, 0) is 14.1 Å². The molecule has 0 aliphatic carbocycles. The summed E-state index contributed by atoms with van der Waals surface area (Å²) in [4.78, 5) is 4.61. The van der Waals surface area contributed by atoms with E-state index in [4.69, 9.17) is 0 Å². The zero-order valence-corrected chi connectivity index (χ0v) is 15.9. The van der Waals surface area contributed by atoms with E-state index in [2.05, 4.69) is 117 Å². The monoisotopic (exact) mass is 350 g/mol. The number of hydrogen-bond acceptors (Lipinski definition) is 2. The van der Waals surface area contributed by atoms with E-state index in [0.717, 1.165) is 13.1 Å². The van der Waals surface area contributed by atoms with Gasteiger partial charge in [-0.25, -0.2) is 9.13 Å². The molecule has 0 unspecified atom stereocenters. The normalized spacial score (nSPS) is 11.4. The Bertz CT molecular complexity index is 975. The first kappa shape index (κ1) is 16.4. The third-order valence-corrected chi connectivity index (χ3v) is 4.89. The zero-order valence-electron chi connectivity index (χ0n) is 15.9. The van der Waals surface area contributed by atoms with Crippen LogP contribution in [0.15, 0.2) is 61.4 Å². The van der Waals surface area contributed by atoms with Gasteiger partial charge in [0.2, 0.25) is 24.3 Å². The van der Waals surface area contributed by atoms with Crippen LogP contribution in [-0.4, -0.2) is 36.0 Å². The Kier molecular flexibility index (Phi) is 4.03. The van der Waals surface area contributed by atoms with Crippen molar-refractivity contribution in [1.82, 2.24) is 8.80 Å². The fourth-order valence-corrected chi connectivity index (χ4v) is 3.51. The molecule has 6 heteroatoms. The molecule has 0 aliphatic heterocycles. The van der Waals surface area contributed by atoms with Crippen molar-refractivity contribution < 1.29 is 9.13 Å². The third-order valence-electron chi connectivity index (χ3n) is 4.89. The maximum atomic E-state index is 2.30. The average Bonchev–Trinajstić information content (AvgIpc) is 3.19. The highest BCUT2D eigenvalue weighted by molar-refractivity contribution is 5.55. The SMILES string of the molecule is CN(CCN(C)c1cccc2c[n+](C)cn12)c1cccc2c[n+](C)cn12. The van der Waals surface area contributed by atoms with E-state index in [-0.39, 0.29) is 0 Å². The van der Waals surface area contributed by atoms with Crippen LogP contribution in [0.4, 0.5) is 11.6 Å². The van der Waals surface area contributed by atoms with Crippen LogP contribution in [0.2, 0.25) is 0 Å². The lowest BCUT2D eigenvalue weighted by Crippen LogP contribution is -2.32. The molecule has 4 aromatic rings. The van der Waals surface area contributed by atoms with Crippen LogP contribution in [0.3, 0.4) is 0 Å². The first-order chi connectivity index (χ1) is 12.5. The lowest BCUT2D eigenvalue weighted by Gasteiger charge is -2.22. The van der Waals surface area contributed by atoms with E-state index in [9.17, 15) is 0 Å². The highest BCUT2D eigenvalue weighted by Crippen LogP contribution is 2.17. The van der Waals surface area contributed by atoms with Gasteiger partial charge in [0.05, 0.1) is 14.1 Å². The van der Waals surface area contributed by atoms with Crippen LogP contribution in [0, 0.1) is 0 Å². The average molecular weight is 350 g/mol. The van der Waals surface area contributed by atoms with Crippen LogP contribution in [0.1, 0.15) is 0 Å². The van der Waals surface area contributed by atoms with Crippen LogP contribution in [0.5, 0.6) is 0 Å². The molecule has 0 N–H and O–H groups in total. The number of anilines is 2. The zero-order chi connectivity index (χ0) is 18.3. The van der Waals surface area contributed by atoms with Gasteiger partial charge in [0.15, 0.2) is 11.0 Å². The molecule has 0 aliphatic rings. The summed E-state index contributed by atoms with van der Waals surface area (Å²) in [5.41, 5.74) is 2.41. The molecule has 0 saturated carbocycles. The number of aromatic nitrogens is 4. The molecule has 0 bridgehead atoms. The van der Waals surface area contributed by atoms with Crippen molar-refractivity contribution in [3.8, 4) is 0 Å². The van der Waals surface area contributed by atoms with Crippen molar-refractivity contribution in [2.24, 2.45) is 14.1 Å². The number of hydrogen-bond donors (Lipinski definition) is 0. The van der Waals surface area contributed by atoms with Gasteiger partial charge >= 0.3 is 0 Å². The van der Waals surface area contributed by atoms with Crippen molar-refractivity contribution in [2.45, 2.75) is 0 Å². The highest BCUT2D eigenvalue weighted by Gasteiger charge is 2.16.